The molecule has 1 aliphatic heterocycles. The van der Waals surface area contributed by atoms with E-state index >= 15 is 0 Å². The van der Waals surface area contributed by atoms with Crippen molar-refractivity contribution in [2.75, 3.05) is 13.2 Å². The van der Waals surface area contributed by atoms with Crippen molar-refractivity contribution < 1.29 is 9.26 Å². The maximum absolute atomic E-state index is 5.55. The third kappa shape index (κ3) is 3.51. The highest BCUT2D eigenvalue weighted by Crippen LogP contribution is 2.17. The average Bonchev–Trinajstić information content (AvgIpc) is 2.98. The highest BCUT2D eigenvalue weighted by atomic mass is 16.5. The fourth-order valence-electron chi connectivity index (χ4n) is 1.98. The Balaban J connectivity index is 1.86. The molecule has 0 spiro atoms. The summed E-state index contributed by atoms with van der Waals surface area (Å²) in [4.78, 5) is 4.41. The van der Waals surface area contributed by atoms with Gasteiger partial charge in [0, 0.05) is 13.0 Å². The fraction of sp³-hybridized carbons (Fsp3) is 0.833. The highest BCUT2D eigenvalue weighted by molar-refractivity contribution is 4.93. The number of rotatable bonds is 6. The van der Waals surface area contributed by atoms with E-state index in [2.05, 4.69) is 22.4 Å². The van der Waals surface area contributed by atoms with Crippen LogP contribution in [-0.2, 0) is 11.2 Å². The molecule has 96 valence electrons. The first-order valence-corrected chi connectivity index (χ1v) is 6.47. The molecule has 0 radical (unpaired) electrons. The minimum atomic E-state index is 0.126. The minimum absolute atomic E-state index is 0.126. The highest BCUT2D eigenvalue weighted by Gasteiger charge is 2.20. The van der Waals surface area contributed by atoms with Crippen molar-refractivity contribution in [3.05, 3.63) is 11.7 Å². The molecule has 17 heavy (non-hydrogen) atoms. The number of nitrogens with zero attached hydrogens (tertiary/aromatic N) is 2. The average molecular weight is 239 g/mol. The van der Waals surface area contributed by atoms with Crippen LogP contribution in [-0.4, -0.2) is 29.4 Å². The Morgan fingerprint density at radius 2 is 2.41 bits per heavy atom. The van der Waals surface area contributed by atoms with E-state index in [9.17, 15) is 0 Å². The summed E-state index contributed by atoms with van der Waals surface area (Å²) in [5.41, 5.74) is 0. The summed E-state index contributed by atoms with van der Waals surface area (Å²) in [6, 6.07) is 0.126. The first kappa shape index (κ1) is 12.5. The fourth-order valence-corrected chi connectivity index (χ4v) is 1.98. The Labute approximate surface area is 102 Å². The zero-order chi connectivity index (χ0) is 12.1. The largest absolute Gasteiger partial charge is 0.378 e. The third-order valence-electron chi connectivity index (χ3n) is 2.99. The Hall–Kier alpha value is -0.940. The van der Waals surface area contributed by atoms with Gasteiger partial charge in [0.1, 0.15) is 0 Å². The van der Waals surface area contributed by atoms with Crippen LogP contribution in [0.25, 0.3) is 0 Å². The molecule has 1 aliphatic rings. The molecular formula is C12H21N3O2. The van der Waals surface area contributed by atoms with Gasteiger partial charge >= 0.3 is 0 Å². The molecule has 1 saturated heterocycles. The van der Waals surface area contributed by atoms with Crippen LogP contribution in [0.4, 0.5) is 0 Å². The lowest BCUT2D eigenvalue weighted by atomic mass is 10.2. The van der Waals surface area contributed by atoms with Gasteiger partial charge in [0.2, 0.25) is 5.89 Å². The van der Waals surface area contributed by atoms with Crippen molar-refractivity contribution in [3.8, 4) is 0 Å². The molecule has 2 atom stereocenters. The van der Waals surface area contributed by atoms with E-state index in [0.717, 1.165) is 44.7 Å². The number of nitrogens with one attached hydrogen (secondary N) is 1. The lowest BCUT2D eigenvalue weighted by molar-refractivity contribution is 0.109. The van der Waals surface area contributed by atoms with Crippen molar-refractivity contribution in [2.45, 2.75) is 51.7 Å². The van der Waals surface area contributed by atoms with Crippen LogP contribution in [0.3, 0.4) is 0 Å². The molecule has 2 unspecified atom stereocenters. The number of aromatic nitrogens is 2. The van der Waals surface area contributed by atoms with Gasteiger partial charge < -0.3 is 14.6 Å². The Morgan fingerprint density at radius 3 is 3.12 bits per heavy atom. The monoisotopic (exact) mass is 239 g/mol. The van der Waals surface area contributed by atoms with Crippen LogP contribution < -0.4 is 5.32 Å². The molecule has 0 bridgehead atoms. The predicted octanol–water partition coefficient (Wildman–Crippen LogP) is 1.85. The van der Waals surface area contributed by atoms with Crippen LogP contribution in [0.5, 0.6) is 0 Å². The van der Waals surface area contributed by atoms with Gasteiger partial charge in [0.25, 0.3) is 0 Å². The molecule has 0 amide bonds. The van der Waals surface area contributed by atoms with Gasteiger partial charge in [-0.2, -0.15) is 4.98 Å². The molecule has 1 aromatic rings. The summed E-state index contributed by atoms with van der Waals surface area (Å²) in [7, 11) is 0. The molecule has 0 aliphatic carbocycles. The lowest BCUT2D eigenvalue weighted by Crippen LogP contribution is -2.19. The molecule has 0 aromatic carbocycles. The Kier molecular flexibility index (Phi) is 4.50. The molecular weight excluding hydrogens is 218 g/mol. The van der Waals surface area contributed by atoms with Gasteiger partial charge in [-0.05, 0) is 32.7 Å². The van der Waals surface area contributed by atoms with Crippen LogP contribution >= 0.6 is 0 Å². The summed E-state index contributed by atoms with van der Waals surface area (Å²) in [6.45, 7) is 6.00. The van der Waals surface area contributed by atoms with Crippen LogP contribution in [0.2, 0.25) is 0 Å². The van der Waals surface area contributed by atoms with E-state index in [-0.39, 0.29) is 12.1 Å². The van der Waals surface area contributed by atoms with Crippen molar-refractivity contribution in [2.24, 2.45) is 0 Å². The second kappa shape index (κ2) is 6.12. The van der Waals surface area contributed by atoms with Gasteiger partial charge in [0.15, 0.2) is 5.82 Å². The number of hydrogen-bond donors (Lipinski definition) is 1. The molecule has 5 heteroatoms. The van der Waals surface area contributed by atoms with Crippen molar-refractivity contribution in [1.82, 2.24) is 15.5 Å². The summed E-state index contributed by atoms with van der Waals surface area (Å²) >= 11 is 0. The molecule has 1 aromatic heterocycles. The van der Waals surface area contributed by atoms with E-state index in [0.29, 0.717) is 5.89 Å². The maximum atomic E-state index is 5.55. The topological polar surface area (TPSA) is 60.2 Å². The van der Waals surface area contributed by atoms with Crippen LogP contribution in [0.15, 0.2) is 4.52 Å². The van der Waals surface area contributed by atoms with Gasteiger partial charge in [-0.15, -0.1) is 0 Å². The van der Waals surface area contributed by atoms with Crippen molar-refractivity contribution >= 4 is 0 Å². The van der Waals surface area contributed by atoms with E-state index in [1.165, 1.54) is 0 Å². The summed E-state index contributed by atoms with van der Waals surface area (Å²) in [5.74, 6) is 1.43. The predicted molar refractivity (Wildman–Crippen MR) is 63.7 cm³/mol. The van der Waals surface area contributed by atoms with Gasteiger partial charge in [-0.25, -0.2) is 0 Å². The standard InChI is InChI=1S/C12H21N3O2/c1-3-6-13-9(2)12-14-11(15-17-12)8-10-5-4-7-16-10/h9-10,13H,3-8H2,1-2H3. The van der Waals surface area contributed by atoms with Gasteiger partial charge in [-0.1, -0.05) is 12.1 Å². The zero-order valence-corrected chi connectivity index (χ0v) is 10.6. The van der Waals surface area contributed by atoms with E-state index < -0.39 is 0 Å². The number of ether oxygens (including phenoxy) is 1. The summed E-state index contributed by atoms with van der Waals surface area (Å²) in [6.07, 6.45) is 4.39. The maximum Gasteiger partial charge on any atom is 0.243 e. The summed E-state index contributed by atoms with van der Waals surface area (Å²) in [5, 5.41) is 7.33. The Bertz CT molecular complexity index is 334. The van der Waals surface area contributed by atoms with Crippen molar-refractivity contribution in [3.63, 3.8) is 0 Å². The van der Waals surface area contributed by atoms with Crippen molar-refractivity contribution in [1.29, 1.82) is 0 Å². The molecule has 2 rings (SSSR count). The van der Waals surface area contributed by atoms with Gasteiger partial charge in [-0.3, -0.25) is 0 Å². The first-order valence-electron chi connectivity index (χ1n) is 6.47. The zero-order valence-electron chi connectivity index (χ0n) is 10.6. The smallest absolute Gasteiger partial charge is 0.243 e. The Morgan fingerprint density at radius 1 is 1.53 bits per heavy atom. The second-order valence-electron chi connectivity index (χ2n) is 4.56. The first-order chi connectivity index (χ1) is 8.29. The van der Waals surface area contributed by atoms with E-state index in [1.807, 2.05) is 6.92 Å². The molecule has 1 N–H and O–H groups in total. The van der Waals surface area contributed by atoms with Gasteiger partial charge in [0.05, 0.1) is 12.1 Å². The number of hydrogen-bond acceptors (Lipinski definition) is 5. The molecule has 5 nitrogen and oxygen atoms in total. The quantitative estimate of drug-likeness (QED) is 0.821. The minimum Gasteiger partial charge on any atom is -0.378 e. The van der Waals surface area contributed by atoms with Crippen LogP contribution in [0, 0.1) is 0 Å². The lowest BCUT2D eigenvalue weighted by Gasteiger charge is -2.07. The molecule has 0 saturated carbocycles. The SMILES string of the molecule is CCCNC(C)c1nc(CC2CCCO2)no1. The van der Waals surface area contributed by atoms with Crippen LogP contribution in [0.1, 0.15) is 50.9 Å². The van der Waals surface area contributed by atoms with E-state index in [1.54, 1.807) is 0 Å². The molecule has 1 fully saturated rings. The molecule has 2 heterocycles. The van der Waals surface area contributed by atoms with E-state index in [4.69, 9.17) is 9.26 Å². The normalized spacial score (nSPS) is 21.9. The second-order valence-corrected chi connectivity index (χ2v) is 4.56. The third-order valence-corrected chi connectivity index (χ3v) is 2.99. The summed E-state index contributed by atoms with van der Waals surface area (Å²) < 4.78 is 10.8.